The van der Waals surface area contributed by atoms with Crippen LogP contribution in [0.3, 0.4) is 0 Å². The maximum Gasteiger partial charge on any atom is 0.305 e. The van der Waals surface area contributed by atoms with Crippen LogP contribution in [0.25, 0.3) is 0 Å². The Morgan fingerprint density at radius 2 is 1.31 bits per heavy atom. The van der Waals surface area contributed by atoms with Crippen molar-refractivity contribution in [1.82, 2.24) is 0 Å². The highest BCUT2D eigenvalue weighted by Gasteiger charge is 2.59. The number of aliphatic hydroxyl groups is 3. The summed E-state index contributed by atoms with van der Waals surface area (Å²) >= 11 is 0. The Labute approximate surface area is 381 Å². The summed E-state index contributed by atoms with van der Waals surface area (Å²) in [5.74, 6) is 4.45. The zero-order valence-electron chi connectivity index (χ0n) is 41.1. The van der Waals surface area contributed by atoms with E-state index < -0.39 is 30.7 Å². The van der Waals surface area contributed by atoms with Crippen molar-refractivity contribution >= 4 is 5.97 Å². The Morgan fingerprint density at radius 3 is 1.90 bits per heavy atom. The number of allylic oxidation sites excluding steroid dienone is 1. The van der Waals surface area contributed by atoms with Gasteiger partial charge in [-0.2, -0.15) is 0 Å². The third-order valence-corrected chi connectivity index (χ3v) is 17.6. The van der Waals surface area contributed by atoms with E-state index in [4.69, 9.17) is 14.2 Å². The number of hydrogen-bond acceptors (Lipinski definition) is 7. The van der Waals surface area contributed by atoms with E-state index >= 15 is 0 Å². The lowest BCUT2D eigenvalue weighted by atomic mass is 9.47. The molecule has 7 heteroatoms. The second kappa shape index (κ2) is 26.4. The average molecular weight is 871 g/mol. The number of rotatable bonds is 29. The van der Waals surface area contributed by atoms with Crippen molar-refractivity contribution in [3.05, 3.63) is 11.6 Å². The van der Waals surface area contributed by atoms with Gasteiger partial charge in [0.2, 0.25) is 0 Å². The van der Waals surface area contributed by atoms with Crippen LogP contribution in [0.2, 0.25) is 0 Å². The number of aliphatic hydroxyl groups excluding tert-OH is 3. The van der Waals surface area contributed by atoms with Crippen molar-refractivity contribution in [3.8, 4) is 0 Å². The fourth-order valence-electron chi connectivity index (χ4n) is 13.7. The summed E-state index contributed by atoms with van der Waals surface area (Å²) in [5.41, 5.74) is 2.15. The zero-order valence-corrected chi connectivity index (χ0v) is 41.1. The predicted molar refractivity (Wildman–Crippen MR) is 254 cm³/mol. The average Bonchev–Trinajstić information content (AvgIpc) is 3.61. The van der Waals surface area contributed by atoms with E-state index in [1.807, 2.05) is 0 Å². The molecule has 0 spiro atoms. The molecule has 3 N–H and O–H groups in total. The fourth-order valence-corrected chi connectivity index (χ4v) is 13.7. The second-order valence-corrected chi connectivity index (χ2v) is 22.6. The summed E-state index contributed by atoms with van der Waals surface area (Å²) in [5, 5.41) is 32.6. The summed E-state index contributed by atoms with van der Waals surface area (Å²) in [6.45, 7) is 14.6. The van der Waals surface area contributed by atoms with Gasteiger partial charge in [-0.25, -0.2) is 0 Å². The van der Waals surface area contributed by atoms with E-state index in [1.165, 1.54) is 153 Å². The number of carbonyl (C=O) groups is 1. The molecule has 62 heavy (non-hydrogen) atoms. The van der Waals surface area contributed by atoms with Crippen LogP contribution in [0.15, 0.2) is 11.6 Å². The molecule has 0 aromatic heterocycles. The van der Waals surface area contributed by atoms with E-state index in [1.54, 1.807) is 0 Å². The smallest absolute Gasteiger partial charge is 0.305 e. The van der Waals surface area contributed by atoms with Gasteiger partial charge in [0, 0.05) is 6.42 Å². The summed E-state index contributed by atoms with van der Waals surface area (Å²) in [6.07, 6.45) is 34.9. The molecule has 3 saturated carbocycles. The van der Waals surface area contributed by atoms with Crippen LogP contribution in [0.5, 0.6) is 0 Å². The number of fused-ring (bicyclic) bond motifs is 5. The summed E-state index contributed by atoms with van der Waals surface area (Å²) in [4.78, 5) is 12.7. The van der Waals surface area contributed by atoms with Crippen molar-refractivity contribution in [2.45, 2.75) is 277 Å². The molecule has 1 heterocycles. The molecule has 0 aromatic rings. The molecule has 0 radical (unpaired) electrons. The molecule has 360 valence electrons. The third-order valence-electron chi connectivity index (χ3n) is 17.6. The topological polar surface area (TPSA) is 105 Å². The number of esters is 1. The minimum atomic E-state index is -1.44. The predicted octanol–water partition coefficient (Wildman–Crippen LogP) is 13.6. The van der Waals surface area contributed by atoms with Gasteiger partial charge in [-0.15, -0.1) is 0 Å². The van der Waals surface area contributed by atoms with Gasteiger partial charge in [0.05, 0.1) is 6.10 Å². The van der Waals surface area contributed by atoms with Gasteiger partial charge in [-0.1, -0.05) is 188 Å². The van der Waals surface area contributed by atoms with Gasteiger partial charge in [-0.05, 0) is 104 Å². The lowest BCUT2D eigenvalue weighted by Crippen LogP contribution is -2.60. The van der Waals surface area contributed by atoms with E-state index in [0.29, 0.717) is 17.8 Å². The number of carbonyl (C=O) groups excluding carboxylic acids is 1. The highest BCUT2D eigenvalue weighted by Crippen LogP contribution is 2.67. The van der Waals surface area contributed by atoms with Crippen molar-refractivity contribution in [2.24, 2.45) is 46.3 Å². The lowest BCUT2D eigenvalue weighted by Gasteiger charge is -2.58. The van der Waals surface area contributed by atoms with E-state index in [9.17, 15) is 20.1 Å². The van der Waals surface area contributed by atoms with Gasteiger partial charge >= 0.3 is 5.97 Å². The summed E-state index contributed by atoms with van der Waals surface area (Å²) < 4.78 is 18.1. The van der Waals surface area contributed by atoms with Crippen molar-refractivity contribution in [1.29, 1.82) is 0 Å². The standard InChI is InChI=1S/C55H98O7/c1-7-8-9-10-11-12-13-14-15-16-17-18-19-20-21-22-23-24-25-29-49(56)60-39-48-50(57)51(58)52(59)53(62-48)61-43-34-36-54(5)42(38-43)30-31-44-46-33-32-45(41(4)28-26-27-40(2)3)55(46,6)37-35-47(44)54/h30,40-41,43-48,50-53,57-59H,7-29,31-39H2,1-6H3/t41-,43+,44+,45-,46+,47+,48-,50-,51+,52-,53-,54+,55-/m1/s1. The Bertz CT molecular complexity index is 1300. The first kappa shape index (κ1) is 52.0. The number of ether oxygens (including phenoxy) is 3. The maximum atomic E-state index is 12.7. The van der Waals surface area contributed by atoms with Crippen LogP contribution in [0.4, 0.5) is 0 Å². The van der Waals surface area contributed by atoms with Crippen LogP contribution in [0, 0.1) is 46.3 Å². The van der Waals surface area contributed by atoms with Gasteiger partial charge in [-0.3, -0.25) is 4.79 Å². The van der Waals surface area contributed by atoms with Crippen LogP contribution in [0.1, 0.15) is 241 Å². The molecular weight excluding hydrogens is 773 g/mol. The summed E-state index contributed by atoms with van der Waals surface area (Å²) in [7, 11) is 0. The van der Waals surface area contributed by atoms with Crippen LogP contribution < -0.4 is 0 Å². The zero-order chi connectivity index (χ0) is 44.5. The van der Waals surface area contributed by atoms with Gasteiger partial charge in [0.1, 0.15) is 31.0 Å². The molecule has 0 unspecified atom stereocenters. The van der Waals surface area contributed by atoms with E-state index in [0.717, 1.165) is 74.5 Å². The molecule has 0 bridgehead atoms. The largest absolute Gasteiger partial charge is 0.463 e. The quantitative estimate of drug-likeness (QED) is 0.0390. The molecule has 1 saturated heterocycles. The second-order valence-electron chi connectivity index (χ2n) is 22.6. The monoisotopic (exact) mass is 871 g/mol. The molecule has 0 amide bonds. The minimum absolute atomic E-state index is 0.137. The summed E-state index contributed by atoms with van der Waals surface area (Å²) in [6, 6.07) is 0. The molecule has 5 rings (SSSR count). The van der Waals surface area contributed by atoms with Crippen molar-refractivity contribution in [2.75, 3.05) is 6.61 Å². The number of unbranched alkanes of at least 4 members (excludes halogenated alkanes) is 18. The molecule has 1 aliphatic heterocycles. The Kier molecular flexibility index (Phi) is 22.1. The van der Waals surface area contributed by atoms with Crippen LogP contribution in [-0.4, -0.2) is 64.7 Å². The normalized spacial score (nSPS) is 35.0. The molecule has 4 aliphatic carbocycles. The van der Waals surface area contributed by atoms with Gasteiger partial charge < -0.3 is 29.5 Å². The first-order valence-electron chi connectivity index (χ1n) is 27.1. The minimum Gasteiger partial charge on any atom is -0.463 e. The van der Waals surface area contributed by atoms with Gasteiger partial charge in [0.25, 0.3) is 0 Å². The third kappa shape index (κ3) is 14.5. The van der Waals surface area contributed by atoms with Crippen LogP contribution >= 0.6 is 0 Å². The Morgan fingerprint density at radius 1 is 0.710 bits per heavy atom. The van der Waals surface area contributed by atoms with Crippen molar-refractivity contribution < 1.29 is 34.3 Å². The van der Waals surface area contributed by atoms with E-state index in [2.05, 4.69) is 47.6 Å². The molecule has 13 atom stereocenters. The molecule has 0 aromatic carbocycles. The van der Waals surface area contributed by atoms with Gasteiger partial charge in [0.15, 0.2) is 6.29 Å². The SMILES string of the molecule is CCCCCCCCCCCCCCCCCCCCCC(=O)OC[C@H]1O[C@@H](O[C@H]2CC[C@@]3(C)C(=CC[C@H]4[C@@H]5CC[C@H]([C@H](C)CCCC(C)C)[C@@]5(C)CC[C@@H]43)C2)[C@H](O)[C@@H](O)[C@@H]1O. The first-order valence-corrected chi connectivity index (χ1v) is 27.1. The molecular formula is C55H98O7. The first-order chi connectivity index (χ1) is 29.9. The van der Waals surface area contributed by atoms with Crippen molar-refractivity contribution in [3.63, 3.8) is 0 Å². The molecule has 7 nitrogen and oxygen atoms in total. The maximum absolute atomic E-state index is 12.7. The Balaban J connectivity index is 0.948. The molecule has 5 aliphatic rings. The highest BCUT2D eigenvalue weighted by molar-refractivity contribution is 5.69. The molecule has 4 fully saturated rings. The lowest BCUT2D eigenvalue weighted by molar-refractivity contribution is -0.313. The highest BCUT2D eigenvalue weighted by atomic mass is 16.7. The fraction of sp³-hybridized carbons (Fsp3) is 0.945. The Hall–Kier alpha value is -0.990. The number of hydrogen-bond donors (Lipinski definition) is 3. The van der Waals surface area contributed by atoms with E-state index in [-0.39, 0.29) is 24.1 Å². The van der Waals surface area contributed by atoms with Crippen LogP contribution in [-0.2, 0) is 19.0 Å².